The van der Waals surface area contributed by atoms with E-state index < -0.39 is 36.5 Å². The number of nitrogens with one attached hydrogen (secondary N) is 1. The van der Waals surface area contributed by atoms with E-state index in [1.54, 1.807) is 23.7 Å². The van der Waals surface area contributed by atoms with Gasteiger partial charge in [-0.1, -0.05) is 29.3 Å². The first kappa shape index (κ1) is 27.4. The number of halogens is 4. The number of methoxy groups -OCH3 is 1. The average molecular weight is 573 g/mol. The van der Waals surface area contributed by atoms with Gasteiger partial charge in [0.15, 0.2) is 10.8 Å². The van der Waals surface area contributed by atoms with Crippen molar-refractivity contribution < 1.29 is 28.2 Å². The maximum absolute atomic E-state index is 14.5. The summed E-state index contributed by atoms with van der Waals surface area (Å²) in [4.78, 5) is 34.8. The Bertz CT molecular complexity index is 1240. The van der Waals surface area contributed by atoms with Gasteiger partial charge in [0.25, 0.3) is 5.92 Å². The van der Waals surface area contributed by atoms with Gasteiger partial charge in [0.05, 0.1) is 19.2 Å². The summed E-state index contributed by atoms with van der Waals surface area (Å²) in [5, 5.41) is 15.2. The highest BCUT2D eigenvalue weighted by Crippen LogP contribution is 2.39. The average Bonchev–Trinajstić information content (AvgIpc) is 3.37. The SMILES string of the molecule is COC(=O)C1=C(CN2CC(F)(F)CC[C@H]2CCC(=O)O)NC(c2nccs2)=N[C@H]1c1ccc(Cl)cc1Cl. The Hall–Kier alpha value is -2.60. The van der Waals surface area contributed by atoms with Gasteiger partial charge in [0.2, 0.25) is 0 Å². The quantitative estimate of drug-likeness (QED) is 0.432. The Kier molecular flexibility index (Phi) is 8.47. The number of carboxylic acid groups (broad SMARTS) is 1. The van der Waals surface area contributed by atoms with Crippen LogP contribution >= 0.6 is 34.5 Å². The number of benzene rings is 1. The van der Waals surface area contributed by atoms with Crippen LogP contribution in [-0.2, 0) is 14.3 Å². The molecule has 1 aromatic heterocycles. The first-order valence-electron chi connectivity index (χ1n) is 11.4. The van der Waals surface area contributed by atoms with E-state index in [4.69, 9.17) is 38.0 Å². The maximum atomic E-state index is 14.5. The van der Waals surface area contributed by atoms with Gasteiger partial charge in [-0.2, -0.15) is 0 Å². The lowest BCUT2D eigenvalue weighted by molar-refractivity contribution is -0.138. The van der Waals surface area contributed by atoms with Crippen LogP contribution in [0.15, 0.2) is 46.0 Å². The third kappa shape index (κ3) is 6.46. The summed E-state index contributed by atoms with van der Waals surface area (Å²) in [6.07, 6.45) is 1.44. The number of carbonyl (C=O) groups is 2. The van der Waals surface area contributed by atoms with Crippen LogP contribution in [0.3, 0.4) is 0 Å². The number of piperidine rings is 1. The topological polar surface area (TPSA) is 104 Å². The van der Waals surface area contributed by atoms with Crippen LogP contribution in [0.25, 0.3) is 0 Å². The highest BCUT2D eigenvalue weighted by Gasteiger charge is 2.42. The van der Waals surface area contributed by atoms with E-state index in [9.17, 15) is 18.4 Å². The highest BCUT2D eigenvalue weighted by molar-refractivity contribution is 7.11. The van der Waals surface area contributed by atoms with Gasteiger partial charge in [-0.3, -0.25) is 14.7 Å². The van der Waals surface area contributed by atoms with Crippen LogP contribution in [-0.4, -0.2) is 64.9 Å². The van der Waals surface area contributed by atoms with E-state index in [1.807, 2.05) is 0 Å². The molecule has 0 saturated carbocycles. The van der Waals surface area contributed by atoms with Crippen LogP contribution in [0, 0.1) is 0 Å². The molecule has 1 fully saturated rings. The first-order valence-corrected chi connectivity index (χ1v) is 13.1. The van der Waals surface area contributed by atoms with Crippen LogP contribution < -0.4 is 5.32 Å². The minimum atomic E-state index is -2.95. The number of carbonyl (C=O) groups excluding carboxylic acids is 1. The molecule has 8 nitrogen and oxygen atoms in total. The fourth-order valence-electron chi connectivity index (χ4n) is 4.54. The molecule has 0 aliphatic carbocycles. The molecule has 1 saturated heterocycles. The molecular formula is C24H24Cl2F2N4O4S. The molecule has 0 spiro atoms. The Labute approximate surface area is 225 Å². The van der Waals surface area contributed by atoms with Crippen LogP contribution in [0.2, 0.25) is 10.0 Å². The van der Waals surface area contributed by atoms with Crippen LogP contribution in [0.5, 0.6) is 0 Å². The molecule has 3 heterocycles. The number of aliphatic carboxylic acids is 1. The number of carboxylic acids is 1. The molecule has 1 aromatic carbocycles. The Balaban J connectivity index is 1.79. The molecule has 0 unspecified atom stereocenters. The number of amidine groups is 1. The third-order valence-electron chi connectivity index (χ3n) is 6.27. The zero-order valence-electron chi connectivity index (χ0n) is 19.7. The zero-order valence-corrected chi connectivity index (χ0v) is 22.0. The Morgan fingerprint density at radius 1 is 1.35 bits per heavy atom. The summed E-state index contributed by atoms with van der Waals surface area (Å²) >= 11 is 13.9. The number of alkyl halides is 2. The number of aromatic nitrogens is 1. The van der Waals surface area contributed by atoms with Crippen molar-refractivity contribution in [2.75, 3.05) is 20.2 Å². The van der Waals surface area contributed by atoms with Gasteiger partial charge in [-0.05, 0) is 25.0 Å². The van der Waals surface area contributed by atoms with Gasteiger partial charge in [0, 0.05) is 58.3 Å². The Morgan fingerprint density at radius 3 is 2.78 bits per heavy atom. The summed E-state index contributed by atoms with van der Waals surface area (Å²) in [6.45, 7) is -0.663. The van der Waals surface area contributed by atoms with Crippen molar-refractivity contribution in [3.05, 3.63) is 61.7 Å². The van der Waals surface area contributed by atoms with E-state index in [-0.39, 0.29) is 42.8 Å². The fourth-order valence-corrected chi connectivity index (χ4v) is 5.64. The standard InChI is InChI=1S/C24H24Cl2F2N4O4S/c1-36-23(35)19-17(11-32-12-24(27,28)7-6-14(32)3-5-18(33)34)30-21(22-29-8-9-37-22)31-20(19)15-4-2-13(25)10-16(15)26/h2,4,8-10,14,20H,3,5-7,11-12H2,1H3,(H,30,31)(H,33,34)/t14-,20+/m1/s1. The number of aliphatic imine (C=N–C) groups is 1. The number of thiazole rings is 1. The van der Waals surface area contributed by atoms with Crippen molar-refractivity contribution in [1.29, 1.82) is 0 Å². The Morgan fingerprint density at radius 2 is 2.14 bits per heavy atom. The molecule has 2 N–H and O–H groups in total. The van der Waals surface area contributed by atoms with Crippen molar-refractivity contribution >= 4 is 52.3 Å². The molecule has 198 valence electrons. The van der Waals surface area contributed by atoms with Crippen molar-refractivity contribution in [3.8, 4) is 0 Å². The smallest absolute Gasteiger partial charge is 0.338 e. The van der Waals surface area contributed by atoms with E-state index in [0.717, 1.165) is 0 Å². The van der Waals surface area contributed by atoms with Gasteiger partial charge >= 0.3 is 11.9 Å². The largest absolute Gasteiger partial charge is 0.481 e. The van der Waals surface area contributed by atoms with E-state index in [2.05, 4.69) is 10.3 Å². The van der Waals surface area contributed by atoms with Crippen LogP contribution in [0.4, 0.5) is 8.78 Å². The minimum absolute atomic E-state index is 0.0869. The van der Waals surface area contributed by atoms with Crippen LogP contribution in [0.1, 0.15) is 42.3 Å². The van der Waals surface area contributed by atoms with Crippen molar-refractivity contribution in [1.82, 2.24) is 15.2 Å². The molecule has 2 atom stereocenters. The van der Waals surface area contributed by atoms with Crippen molar-refractivity contribution in [2.45, 2.75) is 43.7 Å². The molecule has 4 rings (SSSR count). The molecule has 2 aliphatic rings. The molecule has 0 radical (unpaired) electrons. The monoisotopic (exact) mass is 572 g/mol. The minimum Gasteiger partial charge on any atom is -0.481 e. The second kappa shape index (κ2) is 11.4. The first-order chi connectivity index (χ1) is 17.6. The second-order valence-corrected chi connectivity index (χ2v) is 10.5. The third-order valence-corrected chi connectivity index (χ3v) is 7.61. The fraction of sp³-hybridized carbons (Fsp3) is 0.417. The molecule has 13 heteroatoms. The summed E-state index contributed by atoms with van der Waals surface area (Å²) < 4.78 is 34.0. The van der Waals surface area contributed by atoms with E-state index >= 15 is 0 Å². The van der Waals surface area contributed by atoms with Crippen molar-refractivity contribution in [2.24, 2.45) is 4.99 Å². The predicted octanol–water partition coefficient (Wildman–Crippen LogP) is 4.93. The number of likely N-dealkylation sites (tertiary alicyclic amines) is 1. The van der Waals surface area contributed by atoms with Gasteiger partial charge in [-0.15, -0.1) is 11.3 Å². The number of hydrogen-bond acceptors (Lipinski definition) is 8. The van der Waals surface area contributed by atoms with E-state index in [0.29, 0.717) is 27.1 Å². The lowest BCUT2D eigenvalue weighted by Crippen LogP contribution is -2.51. The highest BCUT2D eigenvalue weighted by atomic mass is 35.5. The summed E-state index contributed by atoms with van der Waals surface area (Å²) in [7, 11) is 1.22. The number of ether oxygens (including phenoxy) is 1. The zero-order chi connectivity index (χ0) is 26.7. The molecule has 0 amide bonds. The maximum Gasteiger partial charge on any atom is 0.338 e. The number of esters is 1. The van der Waals surface area contributed by atoms with Crippen molar-refractivity contribution in [3.63, 3.8) is 0 Å². The second-order valence-electron chi connectivity index (χ2n) is 8.78. The molecule has 0 bridgehead atoms. The van der Waals surface area contributed by atoms with Gasteiger partial charge in [0.1, 0.15) is 6.04 Å². The number of hydrogen-bond donors (Lipinski definition) is 2. The van der Waals surface area contributed by atoms with Gasteiger partial charge in [-0.25, -0.2) is 18.6 Å². The lowest BCUT2D eigenvalue weighted by Gasteiger charge is -2.41. The summed E-state index contributed by atoms with van der Waals surface area (Å²) in [5.74, 6) is -4.31. The molecule has 2 aliphatic heterocycles. The molecular weight excluding hydrogens is 549 g/mol. The normalized spacial score (nSPS) is 21.8. The summed E-state index contributed by atoms with van der Waals surface area (Å²) in [6, 6.07) is 3.46. The summed E-state index contributed by atoms with van der Waals surface area (Å²) in [5.41, 5.74) is 0.893. The number of rotatable bonds is 8. The van der Waals surface area contributed by atoms with E-state index in [1.165, 1.54) is 29.4 Å². The predicted molar refractivity (Wildman–Crippen MR) is 136 cm³/mol. The number of nitrogens with zero attached hydrogens (tertiary/aromatic N) is 3. The molecule has 2 aromatic rings. The lowest BCUT2D eigenvalue weighted by atomic mass is 9.92. The van der Waals surface area contributed by atoms with Gasteiger partial charge < -0.3 is 15.2 Å². The molecule has 37 heavy (non-hydrogen) atoms.